The summed E-state index contributed by atoms with van der Waals surface area (Å²) < 4.78 is 11.9. The third-order valence-corrected chi connectivity index (χ3v) is 7.44. The average molecular weight is 490 g/mol. The molecular weight excluding hydrogens is 454 g/mol. The zero-order valence-corrected chi connectivity index (χ0v) is 21.6. The second-order valence-electron chi connectivity index (χ2n) is 9.80. The van der Waals surface area contributed by atoms with Crippen LogP contribution < -0.4 is 9.47 Å². The van der Waals surface area contributed by atoms with Gasteiger partial charge in [-0.3, -0.25) is 9.59 Å². The second-order valence-corrected chi connectivity index (χ2v) is 9.80. The molecule has 36 heavy (non-hydrogen) atoms. The predicted octanol–water partition coefficient (Wildman–Crippen LogP) is 4.80. The number of fused-ring (bicyclic) bond motifs is 5. The highest BCUT2D eigenvalue weighted by Crippen LogP contribution is 2.49. The van der Waals surface area contributed by atoms with Crippen LogP contribution in [0.15, 0.2) is 42.5 Å². The maximum Gasteiger partial charge on any atom is 0.254 e. The SMILES string of the molecule is CCCOc1ccc(C2CN3C(=O)CN(CCC)C(=O)[C@]3(C)c3[nH]c4ccccc4c32)cc1OCC. The fraction of sp³-hybridized carbons (Fsp3) is 0.448. The zero-order valence-electron chi connectivity index (χ0n) is 21.6. The molecule has 3 aromatic rings. The first kappa shape index (κ1) is 24.2. The van der Waals surface area contributed by atoms with Gasteiger partial charge in [-0.25, -0.2) is 0 Å². The summed E-state index contributed by atoms with van der Waals surface area (Å²) in [5.41, 5.74) is 2.82. The molecule has 0 bridgehead atoms. The number of carbonyl (C=O) groups excluding carboxylic acids is 2. The van der Waals surface area contributed by atoms with Crippen molar-refractivity contribution in [1.82, 2.24) is 14.8 Å². The molecule has 7 nitrogen and oxygen atoms in total. The van der Waals surface area contributed by atoms with Gasteiger partial charge in [0.05, 0.1) is 25.5 Å². The Bertz CT molecular complexity index is 1300. The van der Waals surface area contributed by atoms with Crippen LogP contribution in [0.5, 0.6) is 11.5 Å². The molecule has 2 aromatic carbocycles. The van der Waals surface area contributed by atoms with E-state index in [0.29, 0.717) is 32.1 Å². The Labute approximate surface area is 212 Å². The Morgan fingerprint density at radius 3 is 2.58 bits per heavy atom. The lowest BCUT2D eigenvalue weighted by Crippen LogP contribution is -2.67. The largest absolute Gasteiger partial charge is 0.490 e. The molecule has 7 heteroatoms. The number of aromatic amines is 1. The van der Waals surface area contributed by atoms with Crippen molar-refractivity contribution in [3.63, 3.8) is 0 Å². The van der Waals surface area contributed by atoms with Crippen LogP contribution in [-0.2, 0) is 15.1 Å². The van der Waals surface area contributed by atoms with E-state index < -0.39 is 5.54 Å². The van der Waals surface area contributed by atoms with Crippen molar-refractivity contribution in [3.05, 3.63) is 59.3 Å². The Morgan fingerprint density at radius 2 is 1.83 bits per heavy atom. The molecule has 1 saturated heterocycles. The van der Waals surface area contributed by atoms with Crippen LogP contribution in [0.25, 0.3) is 10.9 Å². The smallest absolute Gasteiger partial charge is 0.254 e. The highest BCUT2D eigenvalue weighted by molar-refractivity contribution is 6.01. The van der Waals surface area contributed by atoms with Crippen molar-refractivity contribution in [2.45, 2.75) is 52.0 Å². The minimum Gasteiger partial charge on any atom is -0.490 e. The Hall–Kier alpha value is -3.48. The first-order valence-electron chi connectivity index (χ1n) is 13.0. The van der Waals surface area contributed by atoms with E-state index in [4.69, 9.17) is 9.47 Å². The van der Waals surface area contributed by atoms with Crippen molar-refractivity contribution in [3.8, 4) is 11.5 Å². The number of aromatic nitrogens is 1. The van der Waals surface area contributed by atoms with Crippen molar-refractivity contribution < 1.29 is 19.1 Å². The highest BCUT2D eigenvalue weighted by Gasteiger charge is 2.56. The third-order valence-electron chi connectivity index (χ3n) is 7.44. The average Bonchev–Trinajstić information content (AvgIpc) is 3.28. The second kappa shape index (κ2) is 9.52. The highest BCUT2D eigenvalue weighted by atomic mass is 16.5. The number of ether oxygens (including phenoxy) is 2. The number of H-pyrrole nitrogens is 1. The molecule has 2 atom stereocenters. The van der Waals surface area contributed by atoms with Crippen LogP contribution in [0.1, 0.15) is 63.3 Å². The molecule has 2 amide bonds. The lowest BCUT2D eigenvalue weighted by atomic mass is 9.76. The molecule has 2 aliphatic heterocycles. The topological polar surface area (TPSA) is 74.9 Å². The van der Waals surface area contributed by atoms with E-state index in [-0.39, 0.29) is 24.3 Å². The van der Waals surface area contributed by atoms with E-state index in [1.807, 2.05) is 51.1 Å². The van der Waals surface area contributed by atoms with Crippen LogP contribution in [0, 0.1) is 0 Å². The predicted molar refractivity (Wildman–Crippen MR) is 139 cm³/mol. The molecular formula is C29H35N3O4. The molecule has 0 aliphatic carbocycles. The fourth-order valence-corrected chi connectivity index (χ4v) is 5.77. The molecule has 0 saturated carbocycles. The Balaban J connectivity index is 1.68. The van der Waals surface area contributed by atoms with Gasteiger partial charge in [0.1, 0.15) is 0 Å². The van der Waals surface area contributed by atoms with E-state index in [0.717, 1.165) is 46.3 Å². The molecule has 190 valence electrons. The van der Waals surface area contributed by atoms with Crippen LogP contribution in [-0.4, -0.2) is 59.4 Å². The van der Waals surface area contributed by atoms with Gasteiger partial charge in [-0.2, -0.15) is 0 Å². The summed E-state index contributed by atoms with van der Waals surface area (Å²) in [6.07, 6.45) is 1.72. The molecule has 2 aliphatic rings. The molecule has 0 radical (unpaired) electrons. The maximum absolute atomic E-state index is 13.9. The number of hydrogen-bond donors (Lipinski definition) is 1. The fourth-order valence-electron chi connectivity index (χ4n) is 5.77. The third kappa shape index (κ3) is 3.72. The van der Waals surface area contributed by atoms with E-state index in [9.17, 15) is 9.59 Å². The Morgan fingerprint density at radius 1 is 1.03 bits per heavy atom. The number of amides is 2. The number of carbonyl (C=O) groups is 2. The van der Waals surface area contributed by atoms with Crippen molar-refractivity contribution in [1.29, 1.82) is 0 Å². The summed E-state index contributed by atoms with van der Waals surface area (Å²) in [4.78, 5) is 34.4. The lowest BCUT2D eigenvalue weighted by molar-refractivity contribution is -0.166. The molecule has 1 aromatic heterocycles. The van der Waals surface area contributed by atoms with Crippen LogP contribution in [0.3, 0.4) is 0 Å². The van der Waals surface area contributed by atoms with Gasteiger partial charge in [0.25, 0.3) is 5.91 Å². The standard InChI is InChI=1S/C29H35N3O4/c1-5-14-31-18-25(33)32-17-21(19-12-13-23(36-15-6-2)24(16-19)35-7-3)26-20-10-8-9-11-22(20)30-27(26)29(32,4)28(31)34/h8-13,16,21,30H,5-7,14-15,17-18H2,1-4H3/t21?,29-/m0/s1. The quantitative estimate of drug-likeness (QED) is 0.493. The van der Waals surface area contributed by atoms with Gasteiger partial charge in [-0.05, 0) is 56.0 Å². The van der Waals surface area contributed by atoms with Gasteiger partial charge >= 0.3 is 0 Å². The number of benzene rings is 2. The van der Waals surface area contributed by atoms with E-state index in [2.05, 4.69) is 24.0 Å². The van der Waals surface area contributed by atoms with E-state index in [1.165, 1.54) is 0 Å². The molecule has 1 unspecified atom stereocenters. The van der Waals surface area contributed by atoms with Gasteiger partial charge in [-0.1, -0.05) is 38.1 Å². The number of rotatable bonds is 8. The first-order valence-corrected chi connectivity index (χ1v) is 13.0. The molecule has 1 fully saturated rings. The number of piperazine rings is 1. The van der Waals surface area contributed by atoms with Crippen molar-refractivity contribution in [2.75, 3.05) is 32.8 Å². The van der Waals surface area contributed by atoms with Gasteiger partial charge in [0, 0.05) is 29.9 Å². The van der Waals surface area contributed by atoms with Gasteiger partial charge in [-0.15, -0.1) is 0 Å². The molecule has 3 heterocycles. The summed E-state index contributed by atoms with van der Waals surface area (Å²) in [6.45, 7) is 10.2. The summed E-state index contributed by atoms with van der Waals surface area (Å²) in [7, 11) is 0. The van der Waals surface area contributed by atoms with Gasteiger partial charge in [0.15, 0.2) is 17.0 Å². The van der Waals surface area contributed by atoms with Crippen molar-refractivity contribution in [2.24, 2.45) is 0 Å². The minimum atomic E-state index is -1.07. The maximum atomic E-state index is 13.9. The van der Waals surface area contributed by atoms with Crippen LogP contribution in [0.4, 0.5) is 0 Å². The number of nitrogens with one attached hydrogen (secondary N) is 1. The monoisotopic (exact) mass is 489 g/mol. The van der Waals surface area contributed by atoms with Crippen molar-refractivity contribution >= 4 is 22.7 Å². The Kier molecular flexibility index (Phi) is 6.41. The van der Waals surface area contributed by atoms with E-state index in [1.54, 1.807) is 9.80 Å². The molecule has 1 N–H and O–H groups in total. The number of para-hydroxylation sites is 1. The summed E-state index contributed by atoms with van der Waals surface area (Å²) in [5, 5.41) is 1.08. The molecule has 5 rings (SSSR count). The van der Waals surface area contributed by atoms with Gasteiger partial charge in [0.2, 0.25) is 5.91 Å². The first-order chi connectivity index (χ1) is 17.4. The summed E-state index contributed by atoms with van der Waals surface area (Å²) in [5.74, 6) is 1.27. The lowest BCUT2D eigenvalue weighted by Gasteiger charge is -2.51. The number of nitrogens with zero attached hydrogens (tertiary/aromatic N) is 2. The van der Waals surface area contributed by atoms with Crippen LogP contribution >= 0.6 is 0 Å². The minimum absolute atomic E-state index is 0.0199. The van der Waals surface area contributed by atoms with E-state index >= 15 is 0 Å². The number of hydrogen-bond acceptors (Lipinski definition) is 4. The van der Waals surface area contributed by atoms with Gasteiger partial charge < -0.3 is 24.3 Å². The zero-order chi connectivity index (χ0) is 25.4. The summed E-state index contributed by atoms with van der Waals surface area (Å²) >= 11 is 0. The molecule has 0 spiro atoms. The summed E-state index contributed by atoms with van der Waals surface area (Å²) in [6, 6.07) is 14.2. The van der Waals surface area contributed by atoms with Crippen LogP contribution in [0.2, 0.25) is 0 Å². The normalized spacial score (nSPS) is 21.5.